The van der Waals surface area contributed by atoms with E-state index < -0.39 is 6.10 Å². The Bertz CT molecular complexity index is 421. The van der Waals surface area contributed by atoms with Crippen molar-refractivity contribution in [3.63, 3.8) is 0 Å². The van der Waals surface area contributed by atoms with Crippen LogP contribution in [0, 0.1) is 17.8 Å². The molecule has 4 unspecified atom stereocenters. The number of anilines is 1. The van der Waals surface area contributed by atoms with Gasteiger partial charge in [0.1, 0.15) is 0 Å². The Balaban J connectivity index is 2.16. The maximum atomic E-state index is 10.6. The second-order valence-electron chi connectivity index (χ2n) is 5.75. The highest BCUT2D eigenvalue weighted by Crippen LogP contribution is 2.41. The van der Waals surface area contributed by atoms with Crippen molar-refractivity contribution >= 4 is 21.6 Å². The Kier molecular flexibility index (Phi) is 4.33. The van der Waals surface area contributed by atoms with Gasteiger partial charge in [0.15, 0.2) is 0 Å². The second-order valence-corrected chi connectivity index (χ2v) is 6.66. The second kappa shape index (κ2) is 5.62. The highest BCUT2D eigenvalue weighted by Gasteiger charge is 2.30. The smallest absolute Gasteiger partial charge is 0.0838 e. The van der Waals surface area contributed by atoms with Crippen molar-refractivity contribution in [3.8, 4) is 0 Å². The van der Waals surface area contributed by atoms with Crippen LogP contribution in [0.1, 0.15) is 44.8 Å². The minimum absolute atomic E-state index is 0.341. The summed E-state index contributed by atoms with van der Waals surface area (Å²) in [5.74, 6) is 1.80. The maximum Gasteiger partial charge on any atom is 0.0838 e. The summed E-state index contributed by atoms with van der Waals surface area (Å²) >= 11 is 3.44. The van der Waals surface area contributed by atoms with Crippen LogP contribution in [-0.2, 0) is 0 Å². The predicted molar refractivity (Wildman–Crippen MR) is 79.2 cm³/mol. The van der Waals surface area contributed by atoms with Gasteiger partial charge < -0.3 is 10.8 Å². The van der Waals surface area contributed by atoms with Gasteiger partial charge in [-0.05, 0) is 48.8 Å². The van der Waals surface area contributed by atoms with Crippen molar-refractivity contribution in [2.24, 2.45) is 17.8 Å². The van der Waals surface area contributed by atoms with Gasteiger partial charge >= 0.3 is 0 Å². The maximum absolute atomic E-state index is 10.6. The zero-order valence-corrected chi connectivity index (χ0v) is 12.7. The van der Waals surface area contributed by atoms with E-state index in [-0.39, 0.29) is 0 Å². The number of benzene rings is 1. The molecule has 1 aliphatic rings. The SMILES string of the molecule is CC1CCC(C(O)c2cc(Br)ccc2N)CC1C. The third-order valence-electron chi connectivity index (χ3n) is 4.45. The van der Waals surface area contributed by atoms with Crippen LogP contribution in [0.15, 0.2) is 22.7 Å². The third kappa shape index (κ3) is 2.89. The molecule has 0 heterocycles. The highest BCUT2D eigenvalue weighted by molar-refractivity contribution is 9.10. The molecule has 1 aromatic carbocycles. The normalized spacial score (nSPS) is 30.1. The molecule has 4 atom stereocenters. The van der Waals surface area contributed by atoms with Crippen molar-refractivity contribution < 1.29 is 5.11 Å². The number of halogens is 1. The summed E-state index contributed by atoms with van der Waals surface area (Å²) in [5.41, 5.74) is 7.54. The van der Waals surface area contributed by atoms with Crippen molar-refractivity contribution in [3.05, 3.63) is 28.2 Å². The molecule has 0 bridgehead atoms. The lowest BCUT2D eigenvalue weighted by Gasteiger charge is -2.35. The number of nitrogen functional groups attached to an aromatic ring is 1. The Morgan fingerprint density at radius 2 is 2.00 bits per heavy atom. The van der Waals surface area contributed by atoms with Crippen molar-refractivity contribution in [2.45, 2.75) is 39.2 Å². The zero-order valence-electron chi connectivity index (χ0n) is 11.1. The molecule has 0 radical (unpaired) electrons. The molecule has 1 fully saturated rings. The van der Waals surface area contributed by atoms with Crippen LogP contribution in [0.5, 0.6) is 0 Å². The number of nitrogens with two attached hydrogens (primary N) is 1. The monoisotopic (exact) mass is 311 g/mol. The van der Waals surface area contributed by atoms with Crippen LogP contribution in [0.4, 0.5) is 5.69 Å². The molecule has 0 aliphatic heterocycles. The fourth-order valence-electron chi connectivity index (χ4n) is 2.93. The van der Waals surface area contributed by atoms with Crippen molar-refractivity contribution in [1.29, 1.82) is 0 Å². The lowest BCUT2D eigenvalue weighted by atomic mass is 9.73. The molecule has 0 spiro atoms. The van der Waals surface area contributed by atoms with Gasteiger partial charge in [-0.15, -0.1) is 0 Å². The van der Waals surface area contributed by atoms with E-state index in [1.54, 1.807) is 0 Å². The summed E-state index contributed by atoms with van der Waals surface area (Å²) in [6.07, 6.45) is 2.96. The van der Waals surface area contributed by atoms with Gasteiger partial charge in [0.25, 0.3) is 0 Å². The predicted octanol–water partition coefficient (Wildman–Crippen LogP) is 4.14. The summed E-state index contributed by atoms with van der Waals surface area (Å²) in [6.45, 7) is 4.59. The number of aliphatic hydroxyl groups is 1. The lowest BCUT2D eigenvalue weighted by molar-refractivity contribution is 0.0565. The largest absolute Gasteiger partial charge is 0.398 e. The minimum atomic E-state index is -0.433. The van der Waals surface area contributed by atoms with Crippen LogP contribution in [-0.4, -0.2) is 5.11 Å². The van der Waals surface area contributed by atoms with Crippen LogP contribution in [0.25, 0.3) is 0 Å². The molecular weight excluding hydrogens is 290 g/mol. The van der Waals surface area contributed by atoms with Gasteiger partial charge in [0, 0.05) is 15.7 Å². The van der Waals surface area contributed by atoms with Gasteiger partial charge in [-0.3, -0.25) is 0 Å². The van der Waals surface area contributed by atoms with Gasteiger partial charge in [0.2, 0.25) is 0 Å². The summed E-state index contributed by atoms with van der Waals surface area (Å²) in [6, 6.07) is 5.72. The topological polar surface area (TPSA) is 46.2 Å². The Morgan fingerprint density at radius 1 is 1.28 bits per heavy atom. The number of hydrogen-bond acceptors (Lipinski definition) is 2. The van der Waals surface area contributed by atoms with E-state index in [9.17, 15) is 5.11 Å². The molecule has 0 saturated heterocycles. The molecule has 3 N–H and O–H groups in total. The number of hydrogen-bond donors (Lipinski definition) is 2. The molecule has 2 rings (SSSR count). The molecule has 0 aromatic heterocycles. The fraction of sp³-hybridized carbons (Fsp3) is 0.600. The average Bonchev–Trinajstić information content (AvgIpc) is 2.35. The average molecular weight is 312 g/mol. The molecular formula is C15H22BrNO. The lowest BCUT2D eigenvalue weighted by Crippen LogP contribution is -2.25. The van der Waals surface area contributed by atoms with E-state index in [1.807, 2.05) is 18.2 Å². The van der Waals surface area contributed by atoms with E-state index in [4.69, 9.17) is 5.73 Å². The van der Waals surface area contributed by atoms with E-state index in [0.29, 0.717) is 17.5 Å². The molecule has 2 nitrogen and oxygen atoms in total. The summed E-state index contributed by atoms with van der Waals surface area (Å²) < 4.78 is 0.975. The van der Waals surface area contributed by atoms with E-state index >= 15 is 0 Å². The standard InChI is InChI=1S/C15H22BrNO/c1-9-3-4-11(7-10(9)2)15(18)13-8-12(16)5-6-14(13)17/h5-6,8-11,15,18H,3-4,7,17H2,1-2H3. The Hall–Kier alpha value is -0.540. The summed E-state index contributed by atoms with van der Waals surface area (Å²) in [7, 11) is 0. The first-order valence-corrected chi connectivity index (χ1v) is 7.51. The fourth-order valence-corrected chi connectivity index (χ4v) is 3.31. The quantitative estimate of drug-likeness (QED) is 0.806. The molecule has 100 valence electrons. The molecule has 1 aromatic rings. The van der Waals surface area contributed by atoms with Gasteiger partial charge in [0.05, 0.1) is 6.10 Å². The summed E-state index contributed by atoms with van der Waals surface area (Å²) in [4.78, 5) is 0. The van der Waals surface area contributed by atoms with Crippen LogP contribution in [0.3, 0.4) is 0 Å². The first-order chi connectivity index (χ1) is 8.49. The van der Waals surface area contributed by atoms with E-state index in [1.165, 1.54) is 6.42 Å². The molecule has 3 heteroatoms. The van der Waals surface area contributed by atoms with Crippen LogP contribution >= 0.6 is 15.9 Å². The Labute approximate surface area is 118 Å². The number of rotatable bonds is 2. The minimum Gasteiger partial charge on any atom is -0.398 e. The highest BCUT2D eigenvalue weighted by atomic mass is 79.9. The summed E-state index contributed by atoms with van der Waals surface area (Å²) in [5, 5.41) is 10.6. The molecule has 0 amide bonds. The Morgan fingerprint density at radius 3 is 2.67 bits per heavy atom. The third-order valence-corrected chi connectivity index (χ3v) is 4.95. The van der Waals surface area contributed by atoms with E-state index in [2.05, 4.69) is 29.8 Å². The molecule has 18 heavy (non-hydrogen) atoms. The van der Waals surface area contributed by atoms with Gasteiger partial charge in [-0.25, -0.2) is 0 Å². The first kappa shape index (κ1) is 13.9. The van der Waals surface area contributed by atoms with Crippen molar-refractivity contribution in [2.75, 3.05) is 5.73 Å². The zero-order chi connectivity index (χ0) is 13.3. The van der Waals surface area contributed by atoms with Gasteiger partial charge in [-0.1, -0.05) is 36.2 Å². The van der Waals surface area contributed by atoms with E-state index in [0.717, 1.165) is 28.8 Å². The molecule has 1 saturated carbocycles. The number of aliphatic hydroxyl groups excluding tert-OH is 1. The van der Waals surface area contributed by atoms with Crippen molar-refractivity contribution in [1.82, 2.24) is 0 Å². The van der Waals surface area contributed by atoms with Crippen LogP contribution in [0.2, 0.25) is 0 Å². The first-order valence-electron chi connectivity index (χ1n) is 6.72. The van der Waals surface area contributed by atoms with Crippen LogP contribution < -0.4 is 5.73 Å². The van der Waals surface area contributed by atoms with Gasteiger partial charge in [-0.2, -0.15) is 0 Å². The molecule has 1 aliphatic carbocycles.